The zero-order chi connectivity index (χ0) is 13.3. The summed E-state index contributed by atoms with van der Waals surface area (Å²) in [7, 11) is 0. The number of hydrogen-bond donors (Lipinski definition) is 0. The fourth-order valence-electron chi connectivity index (χ4n) is 1.49. The number of halogens is 2. The van der Waals surface area contributed by atoms with Gasteiger partial charge in [0.2, 0.25) is 0 Å². The van der Waals surface area contributed by atoms with Gasteiger partial charge in [-0.15, -0.1) is 0 Å². The molecule has 92 valence electrons. The van der Waals surface area contributed by atoms with E-state index in [0.29, 0.717) is 0 Å². The maximum absolute atomic E-state index is 11.4. The van der Waals surface area contributed by atoms with Crippen molar-refractivity contribution in [1.29, 1.82) is 0 Å². The van der Waals surface area contributed by atoms with E-state index in [1.54, 1.807) is 6.08 Å². The lowest BCUT2D eigenvalue weighted by molar-refractivity contribution is -0.453. The Morgan fingerprint density at radius 1 is 1.44 bits per heavy atom. The molecule has 0 aliphatic carbocycles. The maximum Gasteiger partial charge on any atom is 0.412 e. The van der Waals surface area contributed by atoms with Crippen molar-refractivity contribution in [3.8, 4) is 0 Å². The predicted octanol–water partition coefficient (Wildman–Crippen LogP) is 0.432. The van der Waals surface area contributed by atoms with Crippen molar-refractivity contribution in [2.75, 3.05) is 0 Å². The van der Waals surface area contributed by atoms with E-state index < -0.39 is 5.97 Å². The molecule has 1 aliphatic heterocycles. The van der Waals surface area contributed by atoms with Gasteiger partial charge in [-0.05, 0) is 6.07 Å². The molecule has 0 bridgehead atoms. The third-order valence-electron chi connectivity index (χ3n) is 2.34. The Bertz CT molecular complexity index is 609. The number of carboxylic acids is 1. The summed E-state index contributed by atoms with van der Waals surface area (Å²) in [6, 6.07) is 1.16. The van der Waals surface area contributed by atoms with Crippen LogP contribution in [-0.4, -0.2) is 27.7 Å². The summed E-state index contributed by atoms with van der Waals surface area (Å²) in [4.78, 5) is 26.2. The molecule has 0 atom stereocenters. The van der Waals surface area contributed by atoms with Crippen LogP contribution < -0.4 is 5.11 Å². The van der Waals surface area contributed by atoms with Crippen molar-refractivity contribution in [3.63, 3.8) is 0 Å². The van der Waals surface area contributed by atoms with E-state index in [0.717, 1.165) is 6.07 Å². The molecule has 1 aromatic heterocycles. The molecule has 0 saturated heterocycles. The highest BCUT2D eigenvalue weighted by atomic mass is 35.5. The molecule has 2 rings (SSSR count). The van der Waals surface area contributed by atoms with Crippen LogP contribution in [0, 0.1) is 0 Å². The maximum atomic E-state index is 11.4. The second-order valence-corrected chi connectivity index (χ2v) is 4.28. The lowest BCUT2D eigenvalue weighted by atomic mass is 10.2. The molecule has 0 spiro atoms. The summed E-state index contributed by atoms with van der Waals surface area (Å²) in [6.07, 6.45) is 4.43. The van der Waals surface area contributed by atoms with Crippen LogP contribution in [0.5, 0.6) is 0 Å². The quantitative estimate of drug-likeness (QED) is 0.596. The van der Waals surface area contributed by atoms with Crippen molar-refractivity contribution in [3.05, 3.63) is 39.7 Å². The highest BCUT2D eigenvalue weighted by molar-refractivity contribution is 6.41. The first-order chi connectivity index (χ1) is 8.49. The van der Waals surface area contributed by atoms with Gasteiger partial charge in [-0.2, -0.15) is 4.58 Å². The summed E-state index contributed by atoms with van der Waals surface area (Å²) < 4.78 is 1.30. The number of rotatable bonds is 3. The number of nitrogens with zero attached hydrogens (tertiary/aromatic N) is 2. The minimum absolute atomic E-state index is 0.00790. The lowest BCUT2D eigenvalue weighted by Crippen LogP contribution is -2.26. The minimum Gasteiger partial charge on any atom is -0.545 e. The predicted molar refractivity (Wildman–Crippen MR) is 62.8 cm³/mol. The molecule has 0 fully saturated rings. The van der Waals surface area contributed by atoms with Gasteiger partial charge in [-0.1, -0.05) is 23.2 Å². The summed E-state index contributed by atoms with van der Waals surface area (Å²) in [6.45, 7) is -0.00790. The fourth-order valence-corrected chi connectivity index (χ4v) is 1.80. The number of carboxylic acid groups (broad SMARTS) is 1. The second-order valence-electron chi connectivity index (χ2n) is 3.52. The molecule has 0 saturated carbocycles. The first-order valence-electron chi connectivity index (χ1n) is 4.87. The number of allylic oxidation sites excluding steroid dienone is 1. The van der Waals surface area contributed by atoms with Gasteiger partial charge in [0.15, 0.2) is 12.8 Å². The first-order valence-corrected chi connectivity index (χ1v) is 5.63. The van der Waals surface area contributed by atoms with Crippen LogP contribution >= 0.6 is 23.2 Å². The Morgan fingerprint density at radius 2 is 2.17 bits per heavy atom. The van der Waals surface area contributed by atoms with Gasteiger partial charge in [-0.25, -0.2) is 9.78 Å². The van der Waals surface area contributed by atoms with E-state index >= 15 is 0 Å². The molecular formula is C11H6Cl2N2O3. The zero-order valence-electron chi connectivity index (χ0n) is 8.89. The van der Waals surface area contributed by atoms with Gasteiger partial charge in [0.25, 0.3) is 0 Å². The molecule has 18 heavy (non-hydrogen) atoms. The van der Waals surface area contributed by atoms with Gasteiger partial charge in [0.1, 0.15) is 10.8 Å². The second kappa shape index (κ2) is 4.88. The molecule has 0 unspecified atom stereocenters. The Hall–Kier alpha value is -1.72. The van der Waals surface area contributed by atoms with E-state index in [-0.39, 0.29) is 33.9 Å². The van der Waals surface area contributed by atoms with Crippen LogP contribution in [0.15, 0.2) is 18.2 Å². The Balaban J connectivity index is 2.40. The lowest BCUT2D eigenvalue weighted by Gasteiger charge is -2.08. The summed E-state index contributed by atoms with van der Waals surface area (Å²) in [5.41, 5.74) is -0.0600. The van der Waals surface area contributed by atoms with Crippen LogP contribution in [0.2, 0.25) is 10.2 Å². The molecule has 0 N–H and O–H groups in total. The minimum atomic E-state index is -1.42. The molecule has 0 aromatic carbocycles. The molecule has 0 radical (unpaired) electrons. The molecule has 2 heterocycles. The number of carbonyl (C=O) groups is 2. The van der Waals surface area contributed by atoms with Crippen molar-refractivity contribution in [2.24, 2.45) is 0 Å². The number of aromatic carboxylic acids is 1. The number of amides is 1. The van der Waals surface area contributed by atoms with Crippen molar-refractivity contribution >= 4 is 41.3 Å². The van der Waals surface area contributed by atoms with Crippen molar-refractivity contribution < 1.29 is 19.3 Å². The van der Waals surface area contributed by atoms with Crippen LogP contribution in [0.3, 0.4) is 0 Å². The van der Waals surface area contributed by atoms with Gasteiger partial charge in [0.05, 0.1) is 17.1 Å². The summed E-state index contributed by atoms with van der Waals surface area (Å²) >= 11 is 11.4. The highest BCUT2D eigenvalue weighted by Crippen LogP contribution is 2.23. The standard InChI is InChI=1S/C11H6Cl2N2O3/c12-7-4-6(11(17)18)8(14-10(7)13)5-15-3-1-2-9(15)16/h1-4H,5H2. The van der Waals surface area contributed by atoms with E-state index in [1.165, 1.54) is 16.9 Å². The van der Waals surface area contributed by atoms with Gasteiger partial charge >= 0.3 is 5.91 Å². The fraction of sp³-hybridized carbons (Fsp3) is 0.0909. The Kier molecular flexibility index (Phi) is 3.45. The average molecular weight is 285 g/mol. The van der Waals surface area contributed by atoms with Crippen LogP contribution in [0.1, 0.15) is 16.1 Å². The van der Waals surface area contributed by atoms with Gasteiger partial charge < -0.3 is 9.90 Å². The van der Waals surface area contributed by atoms with Crippen LogP contribution in [-0.2, 0) is 11.3 Å². The number of pyridine rings is 1. The van der Waals surface area contributed by atoms with E-state index in [9.17, 15) is 14.7 Å². The normalized spacial score (nSPS) is 13.9. The number of aromatic nitrogens is 1. The van der Waals surface area contributed by atoms with Crippen molar-refractivity contribution in [2.45, 2.75) is 6.54 Å². The molecule has 1 aromatic rings. The van der Waals surface area contributed by atoms with Gasteiger partial charge in [0, 0.05) is 11.6 Å². The van der Waals surface area contributed by atoms with E-state index in [1.807, 2.05) is 0 Å². The Labute approximate surface area is 112 Å². The third-order valence-corrected chi connectivity index (χ3v) is 3.01. The van der Waals surface area contributed by atoms with Crippen molar-refractivity contribution in [1.82, 2.24) is 4.98 Å². The third kappa shape index (κ3) is 2.42. The highest BCUT2D eigenvalue weighted by Gasteiger charge is 2.22. The number of hydrogen-bond acceptors (Lipinski definition) is 4. The zero-order valence-corrected chi connectivity index (χ0v) is 10.4. The van der Waals surface area contributed by atoms with E-state index in [4.69, 9.17) is 23.2 Å². The molecule has 1 aliphatic rings. The largest absolute Gasteiger partial charge is 0.545 e. The van der Waals surface area contributed by atoms with Crippen LogP contribution in [0.25, 0.3) is 0 Å². The SMILES string of the molecule is O=C([O-])c1cc(Cl)c(Cl)nc1C[N+]1=CC=CC1=O. The average Bonchev–Trinajstić information content (AvgIpc) is 2.69. The molecular weight excluding hydrogens is 279 g/mol. The summed E-state index contributed by atoms with van der Waals surface area (Å²) in [5.74, 6) is -1.68. The smallest absolute Gasteiger partial charge is 0.412 e. The monoisotopic (exact) mass is 284 g/mol. The summed E-state index contributed by atoms with van der Waals surface area (Å²) in [5, 5.41) is 11.0. The topological polar surface area (TPSA) is 73.1 Å². The molecule has 1 amide bonds. The first kappa shape index (κ1) is 12.7. The van der Waals surface area contributed by atoms with Crippen LogP contribution in [0.4, 0.5) is 0 Å². The molecule has 7 heteroatoms. The van der Waals surface area contributed by atoms with E-state index in [2.05, 4.69) is 4.98 Å². The van der Waals surface area contributed by atoms with Gasteiger partial charge in [-0.3, -0.25) is 0 Å². The number of carbonyl (C=O) groups excluding carboxylic acids is 2. The Morgan fingerprint density at radius 3 is 2.72 bits per heavy atom. The molecule has 5 nitrogen and oxygen atoms in total.